The van der Waals surface area contributed by atoms with Gasteiger partial charge in [0.15, 0.2) is 0 Å². The van der Waals surface area contributed by atoms with E-state index in [1.165, 1.54) is 36.4 Å². The van der Waals surface area contributed by atoms with Crippen LogP contribution in [0.15, 0.2) is 84.9 Å². The van der Waals surface area contributed by atoms with Gasteiger partial charge >= 0.3 is 23.9 Å². The van der Waals surface area contributed by atoms with E-state index in [9.17, 15) is 39.6 Å². The SMILES string of the molecule is O=C(O)c1ccc(-c2cc(-c3ccccc3)cc(-c3ccc(C(=O)O)c(C(=O)O)c3)c2)cc1C(=O)O. The van der Waals surface area contributed by atoms with Crippen LogP contribution in [0.3, 0.4) is 0 Å². The number of hydrogen-bond acceptors (Lipinski definition) is 4. The minimum absolute atomic E-state index is 0.346. The van der Waals surface area contributed by atoms with Crippen LogP contribution in [-0.2, 0) is 0 Å². The molecule has 0 unspecified atom stereocenters. The molecular weight excluding hydrogens is 464 g/mol. The number of aromatic carboxylic acids is 4. The van der Waals surface area contributed by atoms with Crippen LogP contribution in [0.2, 0.25) is 0 Å². The Labute approximate surface area is 204 Å². The number of carboxylic acids is 4. The summed E-state index contributed by atoms with van der Waals surface area (Å²) >= 11 is 0. The Morgan fingerprint density at radius 1 is 0.361 bits per heavy atom. The molecule has 178 valence electrons. The van der Waals surface area contributed by atoms with E-state index in [1.54, 1.807) is 6.07 Å². The molecule has 8 heteroatoms. The van der Waals surface area contributed by atoms with Crippen LogP contribution < -0.4 is 0 Å². The maximum Gasteiger partial charge on any atom is 0.336 e. The van der Waals surface area contributed by atoms with E-state index in [1.807, 2.05) is 42.5 Å². The second-order valence-electron chi connectivity index (χ2n) is 7.91. The number of benzene rings is 4. The largest absolute Gasteiger partial charge is 0.478 e. The van der Waals surface area contributed by atoms with Gasteiger partial charge in [0.1, 0.15) is 0 Å². The fourth-order valence-electron chi connectivity index (χ4n) is 3.93. The van der Waals surface area contributed by atoms with E-state index >= 15 is 0 Å². The van der Waals surface area contributed by atoms with E-state index in [2.05, 4.69) is 0 Å². The average molecular weight is 482 g/mol. The maximum atomic E-state index is 11.7. The molecule has 0 saturated carbocycles. The van der Waals surface area contributed by atoms with E-state index in [4.69, 9.17) is 0 Å². The van der Waals surface area contributed by atoms with Crippen LogP contribution in [0.4, 0.5) is 0 Å². The molecule has 0 aliphatic rings. The van der Waals surface area contributed by atoms with Gasteiger partial charge in [-0.05, 0) is 75.8 Å². The highest BCUT2D eigenvalue weighted by atomic mass is 16.4. The second-order valence-corrected chi connectivity index (χ2v) is 7.91. The molecule has 0 fully saturated rings. The quantitative estimate of drug-likeness (QED) is 0.270. The van der Waals surface area contributed by atoms with Crippen molar-refractivity contribution in [3.63, 3.8) is 0 Å². The van der Waals surface area contributed by atoms with Crippen molar-refractivity contribution in [2.45, 2.75) is 0 Å². The van der Waals surface area contributed by atoms with Gasteiger partial charge in [-0.25, -0.2) is 19.2 Å². The molecule has 8 nitrogen and oxygen atoms in total. The van der Waals surface area contributed by atoms with Gasteiger partial charge in [0.05, 0.1) is 22.3 Å². The molecule has 0 aromatic heterocycles. The molecule has 0 aliphatic carbocycles. The van der Waals surface area contributed by atoms with E-state index < -0.39 is 23.9 Å². The number of carbonyl (C=O) groups is 4. The van der Waals surface area contributed by atoms with Gasteiger partial charge in [0.2, 0.25) is 0 Å². The molecular formula is C28H18O8. The predicted molar refractivity (Wildman–Crippen MR) is 131 cm³/mol. The number of carboxylic acid groups (broad SMARTS) is 4. The van der Waals surface area contributed by atoms with Gasteiger partial charge in [-0.1, -0.05) is 42.5 Å². The van der Waals surface area contributed by atoms with Gasteiger partial charge in [-0.3, -0.25) is 0 Å². The van der Waals surface area contributed by atoms with Crippen molar-refractivity contribution in [1.82, 2.24) is 0 Å². The van der Waals surface area contributed by atoms with Crippen LogP contribution in [0.25, 0.3) is 33.4 Å². The summed E-state index contributed by atoms with van der Waals surface area (Å²) in [5.41, 5.74) is 2.14. The van der Waals surface area contributed by atoms with Crippen molar-refractivity contribution in [3.05, 3.63) is 107 Å². The zero-order chi connectivity index (χ0) is 26.0. The minimum atomic E-state index is -1.39. The first-order chi connectivity index (χ1) is 17.2. The summed E-state index contributed by atoms with van der Waals surface area (Å²) in [5.74, 6) is -5.50. The lowest BCUT2D eigenvalue weighted by Crippen LogP contribution is -2.08. The van der Waals surface area contributed by atoms with Crippen LogP contribution >= 0.6 is 0 Å². The van der Waals surface area contributed by atoms with Crippen molar-refractivity contribution in [2.75, 3.05) is 0 Å². The molecule has 4 N–H and O–H groups in total. The zero-order valence-corrected chi connectivity index (χ0v) is 18.5. The van der Waals surface area contributed by atoms with Crippen molar-refractivity contribution in [3.8, 4) is 33.4 Å². The van der Waals surface area contributed by atoms with Crippen molar-refractivity contribution < 1.29 is 39.6 Å². The Hall–Kier alpha value is -5.24. The summed E-state index contributed by atoms with van der Waals surface area (Å²) < 4.78 is 0. The van der Waals surface area contributed by atoms with Crippen LogP contribution in [0.1, 0.15) is 41.4 Å². The highest BCUT2D eigenvalue weighted by molar-refractivity contribution is 6.04. The molecule has 36 heavy (non-hydrogen) atoms. The smallest absolute Gasteiger partial charge is 0.336 e. The molecule has 0 aliphatic heterocycles. The van der Waals surface area contributed by atoms with Gasteiger partial charge < -0.3 is 20.4 Å². The molecule has 0 atom stereocenters. The normalized spacial score (nSPS) is 10.6. The summed E-state index contributed by atoms with van der Waals surface area (Å²) in [6.45, 7) is 0. The lowest BCUT2D eigenvalue weighted by Gasteiger charge is -2.13. The third kappa shape index (κ3) is 4.69. The first-order valence-electron chi connectivity index (χ1n) is 10.6. The Morgan fingerprint density at radius 3 is 1.08 bits per heavy atom. The van der Waals surface area contributed by atoms with Crippen molar-refractivity contribution in [1.29, 1.82) is 0 Å². The molecule has 0 bridgehead atoms. The van der Waals surface area contributed by atoms with Gasteiger partial charge in [0.25, 0.3) is 0 Å². The predicted octanol–water partition coefficient (Wildman–Crippen LogP) is 5.48. The number of rotatable bonds is 7. The van der Waals surface area contributed by atoms with Gasteiger partial charge in [0, 0.05) is 0 Å². The second kappa shape index (κ2) is 9.55. The molecule has 4 aromatic rings. The maximum absolute atomic E-state index is 11.7. The third-order valence-corrected chi connectivity index (χ3v) is 5.67. The number of hydrogen-bond donors (Lipinski definition) is 4. The lowest BCUT2D eigenvalue weighted by molar-refractivity contribution is 0.0651. The Bertz CT molecular complexity index is 1440. The monoisotopic (exact) mass is 482 g/mol. The van der Waals surface area contributed by atoms with Crippen molar-refractivity contribution >= 4 is 23.9 Å². The summed E-state index contributed by atoms with van der Waals surface area (Å²) in [5, 5.41) is 37.8. The Kier molecular flexibility index (Phi) is 6.34. The molecule has 4 aromatic carbocycles. The van der Waals surface area contributed by atoms with Crippen LogP contribution in [-0.4, -0.2) is 44.3 Å². The fourth-order valence-corrected chi connectivity index (χ4v) is 3.93. The topological polar surface area (TPSA) is 149 Å². The van der Waals surface area contributed by atoms with Crippen LogP contribution in [0, 0.1) is 0 Å². The standard InChI is InChI=1S/C28H18O8/c29-25(30)21-8-6-16(13-23(21)27(33)34)19-10-18(15-4-2-1-3-5-15)11-20(12-19)17-7-9-22(26(31)32)24(14-17)28(35)36/h1-14H,(H,29,30)(H,31,32)(H,33,34)(H,35,36). The van der Waals surface area contributed by atoms with Crippen LogP contribution in [0.5, 0.6) is 0 Å². The molecule has 0 spiro atoms. The molecule has 0 radical (unpaired) electrons. The van der Waals surface area contributed by atoms with E-state index in [0.29, 0.717) is 22.3 Å². The minimum Gasteiger partial charge on any atom is -0.478 e. The van der Waals surface area contributed by atoms with E-state index in [0.717, 1.165) is 11.1 Å². The molecule has 4 rings (SSSR count). The summed E-state index contributed by atoms with van der Waals surface area (Å²) in [7, 11) is 0. The Balaban J connectivity index is 1.96. The lowest BCUT2D eigenvalue weighted by atomic mass is 9.91. The highest BCUT2D eigenvalue weighted by Gasteiger charge is 2.19. The summed E-state index contributed by atoms with van der Waals surface area (Å²) in [6, 6.07) is 22.6. The summed E-state index contributed by atoms with van der Waals surface area (Å²) in [4.78, 5) is 46.3. The third-order valence-electron chi connectivity index (χ3n) is 5.67. The molecule has 0 heterocycles. The first kappa shape index (κ1) is 23.9. The molecule has 0 saturated heterocycles. The van der Waals surface area contributed by atoms with Crippen molar-refractivity contribution in [2.24, 2.45) is 0 Å². The summed E-state index contributed by atoms with van der Waals surface area (Å²) in [6.07, 6.45) is 0. The molecule has 0 amide bonds. The Morgan fingerprint density at radius 2 is 0.722 bits per heavy atom. The average Bonchev–Trinajstić information content (AvgIpc) is 2.88. The van der Waals surface area contributed by atoms with E-state index in [-0.39, 0.29) is 22.3 Å². The highest BCUT2D eigenvalue weighted by Crippen LogP contribution is 2.34. The fraction of sp³-hybridized carbons (Fsp3) is 0. The first-order valence-corrected chi connectivity index (χ1v) is 10.6. The van der Waals surface area contributed by atoms with Gasteiger partial charge in [-0.2, -0.15) is 0 Å². The zero-order valence-electron chi connectivity index (χ0n) is 18.5. The van der Waals surface area contributed by atoms with Gasteiger partial charge in [-0.15, -0.1) is 0 Å².